The number of primary amides is 1. The summed E-state index contributed by atoms with van der Waals surface area (Å²) in [6.07, 6.45) is 0.765. The predicted octanol–water partition coefficient (Wildman–Crippen LogP) is 0.688. The molecule has 0 fully saturated rings. The molecule has 88 valence electrons. The van der Waals surface area contributed by atoms with Crippen molar-refractivity contribution in [2.24, 2.45) is 17.4 Å². The molecule has 0 saturated heterocycles. The van der Waals surface area contributed by atoms with E-state index in [-0.39, 0.29) is 11.8 Å². The van der Waals surface area contributed by atoms with Gasteiger partial charge in [0, 0.05) is 0 Å². The molecule has 1 aromatic rings. The van der Waals surface area contributed by atoms with Crippen LogP contribution in [-0.2, 0) is 11.2 Å². The molecule has 4 heteroatoms. The van der Waals surface area contributed by atoms with Gasteiger partial charge in [0.25, 0.3) is 0 Å². The molecule has 1 rings (SSSR count). The summed E-state index contributed by atoms with van der Waals surface area (Å²) in [5.41, 5.74) is 11.7. The first-order valence-electron chi connectivity index (χ1n) is 5.35. The Bertz CT molecular complexity index is 353. The van der Waals surface area contributed by atoms with Gasteiger partial charge in [0.05, 0.1) is 12.5 Å². The summed E-state index contributed by atoms with van der Waals surface area (Å²) < 4.78 is 5.56. The first kappa shape index (κ1) is 12.5. The van der Waals surface area contributed by atoms with Crippen LogP contribution in [0.25, 0.3) is 0 Å². The lowest BCUT2D eigenvalue weighted by Gasteiger charge is -2.13. The van der Waals surface area contributed by atoms with Crippen molar-refractivity contribution in [2.75, 3.05) is 13.2 Å². The summed E-state index contributed by atoms with van der Waals surface area (Å²) in [6, 6.07) is 7.68. The topological polar surface area (TPSA) is 78.3 Å². The molecule has 4 nitrogen and oxygen atoms in total. The van der Waals surface area contributed by atoms with Gasteiger partial charge in [-0.15, -0.1) is 0 Å². The maximum atomic E-state index is 10.9. The molecule has 0 saturated carbocycles. The molecule has 1 aromatic carbocycles. The zero-order valence-corrected chi connectivity index (χ0v) is 9.48. The van der Waals surface area contributed by atoms with Crippen LogP contribution in [0.3, 0.4) is 0 Å². The molecule has 0 radical (unpaired) electrons. The lowest BCUT2D eigenvalue weighted by atomic mass is 10.1. The first-order valence-corrected chi connectivity index (χ1v) is 5.35. The first-order chi connectivity index (χ1) is 7.65. The van der Waals surface area contributed by atoms with Gasteiger partial charge in [0.1, 0.15) is 5.75 Å². The Labute approximate surface area is 95.6 Å². The number of ether oxygens (including phenoxy) is 1. The van der Waals surface area contributed by atoms with E-state index in [9.17, 15) is 4.79 Å². The average molecular weight is 222 g/mol. The molecule has 0 aliphatic rings. The van der Waals surface area contributed by atoms with E-state index in [1.807, 2.05) is 24.3 Å². The van der Waals surface area contributed by atoms with Crippen molar-refractivity contribution in [2.45, 2.75) is 13.3 Å². The molecule has 1 atom stereocenters. The summed E-state index contributed by atoms with van der Waals surface area (Å²) in [5, 5.41) is 0. The van der Waals surface area contributed by atoms with Crippen molar-refractivity contribution in [1.29, 1.82) is 0 Å². The van der Waals surface area contributed by atoms with Crippen LogP contribution in [0, 0.1) is 5.92 Å². The van der Waals surface area contributed by atoms with Gasteiger partial charge in [-0.05, 0) is 24.6 Å². The average Bonchev–Trinajstić information content (AvgIpc) is 2.27. The number of rotatable bonds is 6. The minimum absolute atomic E-state index is 0.286. The van der Waals surface area contributed by atoms with Gasteiger partial charge in [0.15, 0.2) is 0 Å². The van der Waals surface area contributed by atoms with Gasteiger partial charge in [-0.25, -0.2) is 0 Å². The molecule has 0 aliphatic carbocycles. The van der Waals surface area contributed by atoms with Gasteiger partial charge in [0.2, 0.25) is 5.91 Å². The zero-order chi connectivity index (χ0) is 12.0. The van der Waals surface area contributed by atoms with E-state index >= 15 is 0 Å². The Morgan fingerprint density at radius 2 is 2.12 bits per heavy atom. The van der Waals surface area contributed by atoms with Gasteiger partial charge in [-0.2, -0.15) is 0 Å². The Kier molecular flexibility index (Phi) is 4.79. The second kappa shape index (κ2) is 6.12. The number of hydrogen-bond donors (Lipinski definition) is 2. The van der Waals surface area contributed by atoms with Gasteiger partial charge >= 0.3 is 0 Å². The van der Waals surface area contributed by atoms with Gasteiger partial charge in [-0.3, -0.25) is 4.79 Å². The van der Waals surface area contributed by atoms with Crippen molar-refractivity contribution >= 4 is 5.91 Å². The Morgan fingerprint density at radius 3 is 2.75 bits per heavy atom. The molecule has 16 heavy (non-hydrogen) atoms. The lowest BCUT2D eigenvalue weighted by molar-refractivity contribution is -0.122. The molecule has 4 N–H and O–H groups in total. The number of carbonyl (C=O) groups is 1. The SMILES string of the molecule is CC(COc1ccccc1CCN)C(N)=O. The Morgan fingerprint density at radius 1 is 1.44 bits per heavy atom. The maximum absolute atomic E-state index is 10.9. The molecular formula is C12H18N2O2. The normalized spacial score (nSPS) is 12.1. The van der Waals surface area contributed by atoms with E-state index in [1.165, 1.54) is 0 Å². The second-order valence-electron chi connectivity index (χ2n) is 3.76. The fourth-order valence-corrected chi connectivity index (χ4v) is 1.30. The number of benzene rings is 1. The van der Waals surface area contributed by atoms with Crippen LogP contribution in [-0.4, -0.2) is 19.1 Å². The predicted molar refractivity (Wildman–Crippen MR) is 63.1 cm³/mol. The Balaban J connectivity index is 2.62. The molecule has 0 aromatic heterocycles. The maximum Gasteiger partial charge on any atom is 0.223 e. The number of hydrogen-bond acceptors (Lipinski definition) is 3. The number of nitrogens with two attached hydrogens (primary N) is 2. The van der Waals surface area contributed by atoms with Crippen molar-refractivity contribution in [3.05, 3.63) is 29.8 Å². The summed E-state index contributed by atoms with van der Waals surface area (Å²) in [4.78, 5) is 10.9. The van der Waals surface area contributed by atoms with E-state index < -0.39 is 0 Å². The minimum atomic E-state index is -0.351. The van der Waals surface area contributed by atoms with E-state index in [0.29, 0.717) is 13.2 Å². The highest BCUT2D eigenvalue weighted by molar-refractivity contribution is 5.76. The molecule has 1 unspecified atom stereocenters. The molecule has 0 heterocycles. The van der Waals surface area contributed by atoms with Crippen molar-refractivity contribution in [3.63, 3.8) is 0 Å². The number of para-hydroxylation sites is 1. The van der Waals surface area contributed by atoms with E-state index in [2.05, 4.69) is 0 Å². The van der Waals surface area contributed by atoms with Crippen LogP contribution in [0.4, 0.5) is 0 Å². The molecular weight excluding hydrogens is 204 g/mol. The highest BCUT2D eigenvalue weighted by Gasteiger charge is 2.10. The molecule has 0 spiro atoms. The third-order valence-corrected chi connectivity index (χ3v) is 2.36. The lowest BCUT2D eigenvalue weighted by Crippen LogP contribution is -2.26. The van der Waals surface area contributed by atoms with Gasteiger partial charge < -0.3 is 16.2 Å². The highest BCUT2D eigenvalue weighted by Crippen LogP contribution is 2.18. The fraction of sp³-hybridized carbons (Fsp3) is 0.417. The smallest absolute Gasteiger partial charge is 0.223 e. The summed E-state index contributed by atoms with van der Waals surface area (Å²) >= 11 is 0. The van der Waals surface area contributed by atoms with Crippen LogP contribution in [0.1, 0.15) is 12.5 Å². The van der Waals surface area contributed by atoms with Crippen LogP contribution in [0.2, 0.25) is 0 Å². The third-order valence-electron chi connectivity index (χ3n) is 2.36. The summed E-state index contributed by atoms with van der Waals surface area (Å²) in [7, 11) is 0. The fourth-order valence-electron chi connectivity index (χ4n) is 1.30. The monoisotopic (exact) mass is 222 g/mol. The van der Waals surface area contributed by atoms with E-state index in [0.717, 1.165) is 17.7 Å². The van der Waals surface area contributed by atoms with Crippen LogP contribution < -0.4 is 16.2 Å². The number of amides is 1. The van der Waals surface area contributed by atoms with E-state index in [4.69, 9.17) is 16.2 Å². The van der Waals surface area contributed by atoms with Crippen molar-refractivity contribution in [1.82, 2.24) is 0 Å². The zero-order valence-electron chi connectivity index (χ0n) is 9.48. The summed E-state index contributed by atoms with van der Waals surface area (Å²) in [5.74, 6) is 0.142. The minimum Gasteiger partial charge on any atom is -0.492 e. The second-order valence-corrected chi connectivity index (χ2v) is 3.76. The highest BCUT2D eigenvalue weighted by atomic mass is 16.5. The van der Waals surface area contributed by atoms with Crippen molar-refractivity contribution in [3.8, 4) is 5.75 Å². The largest absolute Gasteiger partial charge is 0.492 e. The Hall–Kier alpha value is -1.55. The molecule has 0 bridgehead atoms. The third kappa shape index (κ3) is 3.55. The van der Waals surface area contributed by atoms with Gasteiger partial charge in [-0.1, -0.05) is 25.1 Å². The quantitative estimate of drug-likeness (QED) is 0.743. The van der Waals surface area contributed by atoms with Crippen LogP contribution >= 0.6 is 0 Å². The number of carbonyl (C=O) groups excluding carboxylic acids is 1. The van der Waals surface area contributed by atoms with E-state index in [1.54, 1.807) is 6.92 Å². The van der Waals surface area contributed by atoms with Crippen molar-refractivity contribution < 1.29 is 9.53 Å². The molecule has 0 aliphatic heterocycles. The van der Waals surface area contributed by atoms with Crippen LogP contribution in [0.15, 0.2) is 24.3 Å². The van der Waals surface area contributed by atoms with Crippen LogP contribution in [0.5, 0.6) is 5.75 Å². The summed E-state index contributed by atoms with van der Waals surface area (Å²) in [6.45, 7) is 2.62. The molecule has 1 amide bonds. The standard InChI is InChI=1S/C12H18N2O2/c1-9(12(14)15)8-16-11-5-3-2-4-10(11)6-7-13/h2-5,9H,6-8,13H2,1H3,(H2,14,15).